The van der Waals surface area contributed by atoms with Gasteiger partial charge in [0.25, 0.3) is 0 Å². The Morgan fingerprint density at radius 3 is 1.21 bits per heavy atom. The Kier molecular flexibility index (Phi) is 50.5. The van der Waals surface area contributed by atoms with Crippen molar-refractivity contribution in [1.29, 1.82) is 0 Å². The first-order chi connectivity index (χ1) is 8.62. The number of hydrogen-bond acceptors (Lipinski definition) is 3. The Morgan fingerprint density at radius 2 is 1.16 bits per heavy atom. The van der Waals surface area contributed by atoms with E-state index in [0.29, 0.717) is 0 Å². The summed E-state index contributed by atoms with van der Waals surface area (Å²) in [6.07, 6.45) is 10.0. The molecule has 0 aliphatic heterocycles. The zero-order valence-electron chi connectivity index (χ0n) is 10.1. The van der Waals surface area contributed by atoms with Gasteiger partial charge in [0.2, 0.25) is 10.1 Å². The molecule has 19 heavy (non-hydrogen) atoms. The summed E-state index contributed by atoms with van der Waals surface area (Å²) in [5.41, 5.74) is 0. The van der Waals surface area contributed by atoms with Crippen LogP contribution in [0.2, 0.25) is 0 Å². The van der Waals surface area contributed by atoms with Crippen LogP contribution in [0.1, 0.15) is 0 Å². The zero-order chi connectivity index (χ0) is 15.4. The molecule has 0 aromatic rings. The van der Waals surface area contributed by atoms with Crippen LogP contribution in [0.4, 0.5) is 0 Å². The van der Waals surface area contributed by atoms with Crippen LogP contribution in [0.3, 0.4) is 0 Å². The largest absolute Gasteiger partial charge is 0.326 e. The molecule has 5 radical (unpaired) electrons. The fourth-order valence-corrected chi connectivity index (χ4v) is 0.571. The van der Waals surface area contributed by atoms with E-state index < -0.39 is 10.1 Å². The van der Waals surface area contributed by atoms with Crippen LogP contribution in [0.25, 0.3) is 0 Å². The van der Waals surface area contributed by atoms with Gasteiger partial charge in [-0.1, -0.05) is 5.75 Å². The summed E-state index contributed by atoms with van der Waals surface area (Å²) in [5.74, 6) is -0.205. The third kappa shape index (κ3) is 38.1. The minimum absolute atomic E-state index is 0. The molecular formula is C11H12MoO6S-. The van der Waals surface area contributed by atoms with Crippen molar-refractivity contribution in [3.05, 3.63) is 59.0 Å². The Bertz CT molecular complexity index is 258. The molecule has 0 N–H and O–H groups in total. The maximum absolute atomic E-state index is 10.1. The molecule has 0 bridgehead atoms. The predicted octanol–water partition coefficient (Wildman–Crippen LogP) is 0.703. The molecule has 0 heterocycles. The number of rotatable bonds is 2. The first kappa shape index (κ1) is 31.3. The molecule has 1 aliphatic carbocycles. The van der Waals surface area contributed by atoms with Gasteiger partial charge in [0.15, 0.2) is 0 Å². The first-order valence-corrected chi connectivity index (χ1v) is 5.55. The van der Waals surface area contributed by atoms with Gasteiger partial charge >= 0.3 is 33.9 Å². The quantitative estimate of drug-likeness (QED) is 0.310. The second-order valence-corrected chi connectivity index (χ2v) is 3.75. The standard InChI is InChI=1S/C5H5.C3H7O3S.3CO.Mo/c1-2-4-5-3-1;1-3-7(4,5)6-2;3*1-2;/h1-5H;1,3H2,2H3;;;;/q;-1;;;;. The molecule has 0 spiro atoms. The fourth-order valence-electron chi connectivity index (χ4n) is 0.404. The minimum Gasteiger partial charge on any atom is -0.326 e. The minimum atomic E-state index is -3.27. The van der Waals surface area contributed by atoms with Gasteiger partial charge in [-0.25, -0.2) is 8.42 Å². The third-order valence-electron chi connectivity index (χ3n) is 1.06. The summed E-state index contributed by atoms with van der Waals surface area (Å²) in [6.45, 7) is 16.6. The molecule has 0 amide bonds. The molecule has 1 saturated carbocycles. The second-order valence-electron chi connectivity index (χ2n) is 1.89. The average molecular weight is 368 g/mol. The fraction of sp³-hybridized carbons (Fsp3) is 0.182. The summed E-state index contributed by atoms with van der Waals surface area (Å²) in [5, 5.41) is 0. The summed E-state index contributed by atoms with van der Waals surface area (Å²) in [4.78, 5) is 0. The van der Waals surface area contributed by atoms with Crippen molar-refractivity contribution in [2.45, 2.75) is 0 Å². The van der Waals surface area contributed by atoms with E-state index in [2.05, 4.69) is 31.1 Å². The van der Waals surface area contributed by atoms with E-state index >= 15 is 0 Å². The zero-order valence-corrected chi connectivity index (χ0v) is 12.9. The van der Waals surface area contributed by atoms with Crippen LogP contribution in [0.15, 0.2) is 0 Å². The molecule has 0 atom stereocenters. The smallest absolute Gasteiger partial charge is 0.238 e. The topological polar surface area (TPSA) is 103 Å². The molecule has 105 valence electrons. The normalized spacial score (nSPS) is 10.9. The van der Waals surface area contributed by atoms with E-state index in [4.69, 9.17) is 14.0 Å². The monoisotopic (exact) mass is 370 g/mol. The predicted molar refractivity (Wildman–Crippen MR) is 59.4 cm³/mol. The van der Waals surface area contributed by atoms with Gasteiger partial charge in [-0.3, -0.25) is 4.18 Å². The van der Waals surface area contributed by atoms with Gasteiger partial charge in [0.05, 0.1) is 7.11 Å². The summed E-state index contributed by atoms with van der Waals surface area (Å²) in [7, 11) is -2.16. The van der Waals surface area contributed by atoms with E-state index in [1.54, 1.807) is 0 Å². The van der Waals surface area contributed by atoms with Gasteiger partial charge < -0.3 is 6.92 Å². The van der Waals surface area contributed by atoms with E-state index in [1.807, 2.05) is 32.1 Å². The molecule has 6 nitrogen and oxygen atoms in total. The second kappa shape index (κ2) is 30.7. The van der Waals surface area contributed by atoms with Crippen LogP contribution in [0, 0.1) is 59.0 Å². The van der Waals surface area contributed by atoms with Gasteiger partial charge in [-0.15, -0.1) is 0 Å². The Balaban J connectivity index is -0.0000000482. The van der Waals surface area contributed by atoms with E-state index in [0.717, 1.165) is 7.11 Å². The third-order valence-corrected chi connectivity index (χ3v) is 2.07. The van der Waals surface area contributed by atoms with Gasteiger partial charge in [0, 0.05) is 21.1 Å². The first-order valence-electron chi connectivity index (χ1n) is 3.98. The molecule has 0 saturated heterocycles. The van der Waals surface area contributed by atoms with Gasteiger partial charge in [-0.2, -0.15) is 0 Å². The van der Waals surface area contributed by atoms with E-state index in [1.165, 1.54) is 0 Å². The van der Waals surface area contributed by atoms with Crippen molar-refractivity contribution < 1.29 is 47.6 Å². The van der Waals surface area contributed by atoms with E-state index in [9.17, 15) is 8.42 Å². The Hall–Kier alpha value is -0.182. The molecule has 0 aromatic carbocycles. The molecule has 0 aromatic heterocycles. The van der Waals surface area contributed by atoms with Crippen molar-refractivity contribution >= 4 is 10.1 Å². The van der Waals surface area contributed by atoms with Crippen LogP contribution in [-0.4, -0.2) is 21.3 Å². The summed E-state index contributed by atoms with van der Waals surface area (Å²) < 4.78 is 46.7. The van der Waals surface area contributed by atoms with Crippen LogP contribution < -0.4 is 0 Å². The number of hydrogen-bond donors (Lipinski definition) is 0. The SMILES string of the molecule is [C-]#[O+].[C-]#[O+].[C-]#[O+].[CH2-]CS(=O)(=O)OC.[CH]1[CH][CH][CH][CH]1.[Mo]. The van der Waals surface area contributed by atoms with Crippen molar-refractivity contribution in [2.75, 3.05) is 12.9 Å². The van der Waals surface area contributed by atoms with Crippen LogP contribution in [0.5, 0.6) is 0 Å². The van der Waals surface area contributed by atoms with Crippen LogP contribution in [-0.2, 0) is 49.3 Å². The molecule has 1 rings (SSSR count). The van der Waals surface area contributed by atoms with Crippen molar-refractivity contribution in [3.8, 4) is 0 Å². The van der Waals surface area contributed by atoms with Crippen molar-refractivity contribution in [2.24, 2.45) is 0 Å². The molecule has 0 unspecified atom stereocenters. The van der Waals surface area contributed by atoms with Crippen molar-refractivity contribution in [1.82, 2.24) is 0 Å². The van der Waals surface area contributed by atoms with Crippen molar-refractivity contribution in [3.63, 3.8) is 0 Å². The molecule has 8 heteroatoms. The molecule has 1 fully saturated rings. The Labute approximate surface area is 129 Å². The van der Waals surface area contributed by atoms with Gasteiger partial charge in [-0.05, 0) is 32.1 Å². The Morgan fingerprint density at radius 1 is 0.947 bits per heavy atom. The maximum Gasteiger partial charge on any atom is 0.238 e. The van der Waals surface area contributed by atoms with E-state index in [-0.39, 0.29) is 26.8 Å². The van der Waals surface area contributed by atoms with Gasteiger partial charge in [0.1, 0.15) is 0 Å². The summed E-state index contributed by atoms with van der Waals surface area (Å²) in [6, 6.07) is 0. The maximum atomic E-state index is 10.1. The average Bonchev–Trinajstić information content (AvgIpc) is 3.05. The summed E-state index contributed by atoms with van der Waals surface area (Å²) >= 11 is 0. The molecule has 1 aliphatic rings. The molecular weight excluding hydrogens is 356 g/mol. The van der Waals surface area contributed by atoms with Crippen LogP contribution >= 0.6 is 0 Å².